The minimum absolute atomic E-state index is 0.240. The van der Waals surface area contributed by atoms with Crippen LogP contribution in [0.4, 0.5) is 0 Å². The Balaban J connectivity index is 2.72. The molecule has 0 bridgehead atoms. The van der Waals surface area contributed by atoms with E-state index in [0.29, 0.717) is 5.39 Å². The zero-order valence-corrected chi connectivity index (χ0v) is 9.10. The van der Waals surface area contributed by atoms with Crippen LogP contribution in [0, 0.1) is 0 Å². The standard InChI is InChI=1S/C12H10O5/c1-16-6-8(13)10-11(14)7-4-2-3-5-9(7)17-12(10)15/h2-5,14H,6H2,1H3. The van der Waals surface area contributed by atoms with Gasteiger partial charge in [0.05, 0.1) is 5.39 Å². The predicted molar refractivity (Wildman–Crippen MR) is 60.4 cm³/mol. The van der Waals surface area contributed by atoms with E-state index in [1.54, 1.807) is 24.3 Å². The van der Waals surface area contributed by atoms with Crippen LogP contribution < -0.4 is 5.63 Å². The van der Waals surface area contributed by atoms with Gasteiger partial charge in [0.25, 0.3) is 0 Å². The van der Waals surface area contributed by atoms with Gasteiger partial charge in [-0.2, -0.15) is 0 Å². The molecule has 1 N–H and O–H groups in total. The number of hydrogen-bond donors (Lipinski definition) is 1. The number of carbonyl (C=O) groups excluding carboxylic acids is 1. The minimum Gasteiger partial charge on any atom is -0.506 e. The van der Waals surface area contributed by atoms with E-state index in [4.69, 9.17) is 4.42 Å². The quantitative estimate of drug-likeness (QED) is 0.640. The number of hydrogen-bond acceptors (Lipinski definition) is 5. The first-order valence-electron chi connectivity index (χ1n) is 4.92. The molecule has 0 saturated heterocycles. The molecule has 0 atom stereocenters. The van der Waals surface area contributed by atoms with Gasteiger partial charge < -0.3 is 14.3 Å². The van der Waals surface area contributed by atoms with Crippen LogP contribution in [0.5, 0.6) is 5.75 Å². The van der Waals surface area contributed by atoms with Crippen LogP contribution in [-0.4, -0.2) is 24.6 Å². The molecule has 0 amide bonds. The van der Waals surface area contributed by atoms with Gasteiger partial charge in [-0.05, 0) is 12.1 Å². The molecular formula is C12H10O5. The molecule has 5 nitrogen and oxygen atoms in total. The highest BCUT2D eigenvalue weighted by molar-refractivity contribution is 6.03. The number of para-hydroxylation sites is 1. The summed E-state index contributed by atoms with van der Waals surface area (Å²) in [7, 11) is 1.33. The Bertz CT molecular complexity index is 626. The van der Waals surface area contributed by atoms with Gasteiger partial charge in [0, 0.05) is 7.11 Å². The van der Waals surface area contributed by atoms with Gasteiger partial charge in [-0.15, -0.1) is 0 Å². The summed E-state index contributed by atoms with van der Waals surface area (Å²) in [6.07, 6.45) is 0. The number of fused-ring (bicyclic) bond motifs is 1. The van der Waals surface area contributed by atoms with Crippen LogP contribution in [0.3, 0.4) is 0 Å². The molecule has 5 heteroatoms. The van der Waals surface area contributed by atoms with E-state index in [1.165, 1.54) is 7.11 Å². The Labute approximate surface area is 96.2 Å². The second kappa shape index (κ2) is 4.39. The number of rotatable bonds is 3. The highest BCUT2D eigenvalue weighted by Gasteiger charge is 2.20. The third-order valence-electron chi connectivity index (χ3n) is 2.34. The largest absolute Gasteiger partial charge is 0.506 e. The molecule has 1 aromatic carbocycles. The van der Waals surface area contributed by atoms with Crippen LogP contribution in [0.25, 0.3) is 11.0 Å². The fourth-order valence-electron chi connectivity index (χ4n) is 1.58. The molecule has 2 rings (SSSR count). The molecule has 1 aromatic heterocycles. The van der Waals surface area contributed by atoms with Gasteiger partial charge in [-0.3, -0.25) is 4.79 Å². The van der Waals surface area contributed by atoms with Crippen molar-refractivity contribution in [3.63, 3.8) is 0 Å². The van der Waals surface area contributed by atoms with E-state index in [2.05, 4.69) is 4.74 Å². The molecule has 0 aliphatic carbocycles. The van der Waals surface area contributed by atoms with Crippen molar-refractivity contribution < 1.29 is 19.1 Å². The van der Waals surface area contributed by atoms with Crippen molar-refractivity contribution in [2.24, 2.45) is 0 Å². The van der Waals surface area contributed by atoms with E-state index in [0.717, 1.165) is 0 Å². The van der Waals surface area contributed by atoms with E-state index in [9.17, 15) is 14.7 Å². The van der Waals surface area contributed by atoms with E-state index in [1.807, 2.05) is 0 Å². The Morgan fingerprint density at radius 1 is 1.41 bits per heavy atom. The van der Waals surface area contributed by atoms with Crippen molar-refractivity contribution >= 4 is 16.8 Å². The highest BCUT2D eigenvalue weighted by Crippen LogP contribution is 2.25. The molecule has 88 valence electrons. The molecule has 17 heavy (non-hydrogen) atoms. The van der Waals surface area contributed by atoms with Crippen LogP contribution in [0.1, 0.15) is 10.4 Å². The fraction of sp³-hybridized carbons (Fsp3) is 0.167. The van der Waals surface area contributed by atoms with Crippen LogP contribution in [0.2, 0.25) is 0 Å². The second-order valence-corrected chi connectivity index (χ2v) is 3.47. The zero-order chi connectivity index (χ0) is 12.4. The van der Waals surface area contributed by atoms with Crippen molar-refractivity contribution in [3.8, 4) is 5.75 Å². The van der Waals surface area contributed by atoms with Crippen LogP contribution >= 0.6 is 0 Å². The number of methoxy groups -OCH3 is 1. The third kappa shape index (κ3) is 1.92. The molecule has 0 radical (unpaired) electrons. The van der Waals surface area contributed by atoms with Crippen molar-refractivity contribution in [2.45, 2.75) is 0 Å². The number of benzene rings is 1. The zero-order valence-electron chi connectivity index (χ0n) is 9.10. The first-order valence-corrected chi connectivity index (χ1v) is 4.92. The summed E-state index contributed by atoms with van der Waals surface area (Å²) in [4.78, 5) is 23.2. The van der Waals surface area contributed by atoms with Gasteiger partial charge in [-0.1, -0.05) is 12.1 Å². The maximum absolute atomic E-state index is 11.6. The number of ether oxygens (including phenoxy) is 1. The smallest absolute Gasteiger partial charge is 0.351 e. The lowest BCUT2D eigenvalue weighted by atomic mass is 10.1. The monoisotopic (exact) mass is 234 g/mol. The average molecular weight is 234 g/mol. The molecule has 0 fully saturated rings. The maximum atomic E-state index is 11.6. The normalized spacial score (nSPS) is 10.6. The summed E-state index contributed by atoms with van der Waals surface area (Å²) in [5.41, 5.74) is -0.988. The third-order valence-corrected chi connectivity index (χ3v) is 2.34. The van der Waals surface area contributed by atoms with Gasteiger partial charge in [0.1, 0.15) is 23.5 Å². The molecule has 0 saturated carbocycles. The van der Waals surface area contributed by atoms with Crippen molar-refractivity contribution in [1.29, 1.82) is 0 Å². The van der Waals surface area contributed by atoms with Gasteiger partial charge in [0.15, 0.2) is 5.78 Å². The predicted octanol–water partition coefficient (Wildman–Crippen LogP) is 1.33. The van der Waals surface area contributed by atoms with E-state index in [-0.39, 0.29) is 23.5 Å². The summed E-state index contributed by atoms with van der Waals surface area (Å²) < 4.78 is 9.59. The fourth-order valence-corrected chi connectivity index (χ4v) is 1.58. The topological polar surface area (TPSA) is 76.7 Å². The Kier molecular flexibility index (Phi) is 2.93. The van der Waals surface area contributed by atoms with Gasteiger partial charge >= 0.3 is 5.63 Å². The number of aromatic hydroxyl groups is 1. The lowest BCUT2D eigenvalue weighted by molar-refractivity contribution is 0.0841. The SMILES string of the molecule is COCC(=O)c1c(O)c2ccccc2oc1=O. The van der Waals surface area contributed by atoms with E-state index >= 15 is 0 Å². The molecule has 0 aliphatic heterocycles. The molecule has 0 spiro atoms. The van der Waals surface area contributed by atoms with Crippen molar-refractivity contribution in [3.05, 3.63) is 40.2 Å². The molecule has 0 aliphatic rings. The number of carbonyl (C=O) groups is 1. The molecular weight excluding hydrogens is 224 g/mol. The molecule has 1 heterocycles. The number of Topliss-reactive ketones (excluding diaryl/α,β-unsaturated/α-hetero) is 1. The summed E-state index contributed by atoms with van der Waals surface area (Å²) >= 11 is 0. The van der Waals surface area contributed by atoms with Gasteiger partial charge in [0.2, 0.25) is 0 Å². The first-order chi connectivity index (χ1) is 8.15. The molecule has 0 unspecified atom stereocenters. The minimum atomic E-state index is -0.858. The Hall–Kier alpha value is -2.14. The summed E-state index contributed by atoms with van der Waals surface area (Å²) in [6, 6.07) is 6.45. The van der Waals surface area contributed by atoms with E-state index < -0.39 is 11.4 Å². The second-order valence-electron chi connectivity index (χ2n) is 3.47. The Morgan fingerprint density at radius 2 is 2.12 bits per heavy atom. The summed E-state index contributed by atoms with van der Waals surface area (Å²) in [6.45, 7) is -0.281. The average Bonchev–Trinajstić information content (AvgIpc) is 2.29. The van der Waals surface area contributed by atoms with Crippen molar-refractivity contribution in [1.82, 2.24) is 0 Å². The summed E-state index contributed by atoms with van der Waals surface area (Å²) in [5, 5.41) is 10.2. The lowest BCUT2D eigenvalue weighted by Crippen LogP contribution is -2.18. The number of ketones is 1. The van der Waals surface area contributed by atoms with Crippen LogP contribution in [-0.2, 0) is 4.74 Å². The highest BCUT2D eigenvalue weighted by atomic mass is 16.5. The maximum Gasteiger partial charge on any atom is 0.351 e. The summed E-state index contributed by atoms with van der Waals surface area (Å²) in [5.74, 6) is -0.969. The molecule has 2 aromatic rings. The first kappa shape index (κ1) is 11.3. The lowest BCUT2D eigenvalue weighted by Gasteiger charge is -2.04. The van der Waals surface area contributed by atoms with Crippen molar-refractivity contribution in [2.75, 3.05) is 13.7 Å². The van der Waals surface area contributed by atoms with Gasteiger partial charge in [-0.25, -0.2) is 4.79 Å². The van der Waals surface area contributed by atoms with Crippen LogP contribution in [0.15, 0.2) is 33.5 Å². The Morgan fingerprint density at radius 3 is 2.82 bits per heavy atom.